The van der Waals surface area contributed by atoms with Crippen molar-refractivity contribution in [2.45, 2.75) is 32.1 Å². The van der Waals surface area contributed by atoms with Crippen LogP contribution in [-0.4, -0.2) is 20.4 Å². The van der Waals surface area contributed by atoms with Crippen LogP contribution in [0.3, 0.4) is 0 Å². The van der Waals surface area contributed by atoms with Gasteiger partial charge in [0, 0.05) is 35.6 Å². The summed E-state index contributed by atoms with van der Waals surface area (Å²) in [7, 11) is 1.94. The highest BCUT2D eigenvalue weighted by molar-refractivity contribution is 6.05. The maximum atomic E-state index is 13.1. The van der Waals surface area contributed by atoms with Gasteiger partial charge in [0.15, 0.2) is 0 Å². The first-order chi connectivity index (χ1) is 15.5. The molecule has 2 heterocycles. The van der Waals surface area contributed by atoms with Crippen LogP contribution >= 0.6 is 0 Å². The van der Waals surface area contributed by atoms with Gasteiger partial charge in [-0.25, -0.2) is 4.39 Å². The lowest BCUT2D eigenvalue weighted by molar-refractivity contribution is 0.102. The Labute approximate surface area is 185 Å². The van der Waals surface area contributed by atoms with E-state index >= 15 is 0 Å². The number of hydrogen-bond donors (Lipinski definition) is 2. The van der Waals surface area contributed by atoms with E-state index in [0.717, 1.165) is 43.0 Å². The lowest BCUT2D eigenvalue weighted by Crippen LogP contribution is -2.19. The molecular formula is C25H26FN5O. The van der Waals surface area contributed by atoms with Crippen LogP contribution < -0.4 is 11.2 Å². The highest BCUT2D eigenvalue weighted by atomic mass is 19.1. The third-order valence-corrected chi connectivity index (χ3v) is 6.47. The number of nitrogen functional groups attached to an aromatic ring is 1. The average Bonchev–Trinajstić information content (AvgIpc) is 3.33. The van der Waals surface area contributed by atoms with E-state index in [9.17, 15) is 9.18 Å². The van der Waals surface area contributed by atoms with Gasteiger partial charge >= 0.3 is 0 Å². The number of carbonyl (C=O) groups is 1. The van der Waals surface area contributed by atoms with Gasteiger partial charge in [0.25, 0.3) is 5.91 Å². The number of rotatable bonds is 5. The third kappa shape index (κ3) is 3.86. The summed E-state index contributed by atoms with van der Waals surface area (Å²) >= 11 is 0. The zero-order chi connectivity index (χ0) is 22.2. The summed E-state index contributed by atoms with van der Waals surface area (Å²) in [4.78, 5) is 12.6. The lowest BCUT2D eigenvalue weighted by Gasteiger charge is -2.23. The highest BCUT2D eigenvalue weighted by Crippen LogP contribution is 2.36. The van der Waals surface area contributed by atoms with Gasteiger partial charge in [-0.05, 0) is 91.6 Å². The molecule has 1 aliphatic carbocycles. The first-order valence-corrected chi connectivity index (χ1v) is 10.9. The Hall–Kier alpha value is -3.61. The van der Waals surface area contributed by atoms with Crippen LogP contribution in [-0.2, 0) is 26.3 Å². The molecule has 5 rings (SSSR count). The molecule has 1 unspecified atom stereocenters. The molecule has 0 spiro atoms. The van der Waals surface area contributed by atoms with E-state index in [1.807, 2.05) is 36.1 Å². The number of anilines is 1. The fourth-order valence-electron chi connectivity index (χ4n) is 4.77. The molecule has 6 nitrogen and oxygen atoms in total. The van der Waals surface area contributed by atoms with Gasteiger partial charge in [-0.1, -0.05) is 0 Å². The fourth-order valence-corrected chi connectivity index (χ4v) is 4.77. The Bertz CT molecular complexity index is 1290. The minimum absolute atomic E-state index is 0.264. The van der Waals surface area contributed by atoms with Gasteiger partial charge in [-0.3, -0.25) is 14.2 Å². The second kappa shape index (κ2) is 8.15. The zero-order valence-electron chi connectivity index (χ0n) is 18.0. The summed E-state index contributed by atoms with van der Waals surface area (Å²) in [5, 5.41) is 8.28. The molecule has 4 aromatic rings. The van der Waals surface area contributed by atoms with Gasteiger partial charge in [-0.2, -0.15) is 5.10 Å². The van der Waals surface area contributed by atoms with Crippen LogP contribution in [0.4, 0.5) is 10.1 Å². The van der Waals surface area contributed by atoms with Crippen molar-refractivity contribution >= 4 is 22.5 Å². The van der Waals surface area contributed by atoms with Crippen molar-refractivity contribution < 1.29 is 9.18 Å². The Kier molecular flexibility index (Phi) is 5.17. The molecule has 2 aromatic heterocycles. The minimum Gasteiger partial charge on any atom is -0.339 e. The van der Waals surface area contributed by atoms with Gasteiger partial charge in [0.2, 0.25) is 0 Å². The predicted molar refractivity (Wildman–Crippen MR) is 123 cm³/mol. The van der Waals surface area contributed by atoms with E-state index in [-0.39, 0.29) is 11.7 Å². The molecule has 1 amide bonds. The van der Waals surface area contributed by atoms with E-state index in [1.165, 1.54) is 41.1 Å². The highest BCUT2D eigenvalue weighted by Gasteiger charge is 2.25. The molecule has 0 bridgehead atoms. The van der Waals surface area contributed by atoms with Crippen LogP contribution in [0.5, 0.6) is 0 Å². The summed E-state index contributed by atoms with van der Waals surface area (Å²) in [6.07, 6.45) is 9.21. The Balaban J connectivity index is 1.36. The summed E-state index contributed by atoms with van der Waals surface area (Å²) in [6, 6.07) is 11.4. The summed E-state index contributed by atoms with van der Waals surface area (Å²) in [5.41, 5.74) is 5.83. The van der Waals surface area contributed by atoms with Gasteiger partial charge in [0.05, 0.1) is 11.7 Å². The first-order valence-electron chi connectivity index (χ1n) is 10.9. The van der Waals surface area contributed by atoms with E-state index in [1.54, 1.807) is 4.68 Å². The van der Waals surface area contributed by atoms with Crippen molar-refractivity contribution in [1.29, 1.82) is 0 Å². The molecule has 7 heteroatoms. The second-order valence-corrected chi connectivity index (χ2v) is 8.66. The molecule has 0 fully saturated rings. The summed E-state index contributed by atoms with van der Waals surface area (Å²) in [6.45, 7) is 0. The molecule has 0 aliphatic heterocycles. The van der Waals surface area contributed by atoms with Crippen molar-refractivity contribution in [1.82, 2.24) is 14.5 Å². The molecular weight excluding hydrogens is 405 g/mol. The van der Waals surface area contributed by atoms with Crippen LogP contribution in [0.25, 0.3) is 10.9 Å². The van der Waals surface area contributed by atoms with E-state index in [2.05, 4.69) is 16.6 Å². The average molecular weight is 432 g/mol. The van der Waals surface area contributed by atoms with Crippen LogP contribution in [0.2, 0.25) is 0 Å². The van der Waals surface area contributed by atoms with Crippen LogP contribution in [0.1, 0.15) is 40.0 Å². The zero-order valence-corrected chi connectivity index (χ0v) is 18.0. The normalized spacial score (nSPS) is 15.6. The van der Waals surface area contributed by atoms with Crippen molar-refractivity contribution in [3.8, 4) is 0 Å². The Morgan fingerprint density at radius 1 is 1.25 bits per heavy atom. The summed E-state index contributed by atoms with van der Waals surface area (Å²) < 4.78 is 16.8. The number of nitrogens with zero attached hydrogens (tertiary/aromatic N) is 3. The molecule has 3 N–H and O–H groups in total. The van der Waals surface area contributed by atoms with Crippen molar-refractivity contribution in [3.63, 3.8) is 0 Å². The largest absolute Gasteiger partial charge is 0.339 e. The maximum absolute atomic E-state index is 13.1. The molecule has 0 saturated carbocycles. The number of amides is 1. The SMILES string of the molecule is Cn1cc(CCC2CCc3c(c4cc(NC(=O)c5ccc(F)cc5)ccc4n3N)C2)cn1. The van der Waals surface area contributed by atoms with Crippen molar-refractivity contribution in [2.75, 3.05) is 11.2 Å². The first kappa shape index (κ1) is 20.3. The number of benzene rings is 2. The van der Waals surface area contributed by atoms with Crippen LogP contribution in [0.15, 0.2) is 54.9 Å². The number of aryl methyl sites for hydroxylation is 2. The number of halogens is 1. The van der Waals surface area contributed by atoms with E-state index in [4.69, 9.17) is 5.84 Å². The van der Waals surface area contributed by atoms with Crippen molar-refractivity contribution in [2.24, 2.45) is 13.0 Å². The number of hydrogen-bond acceptors (Lipinski definition) is 3. The number of aromatic nitrogens is 3. The van der Waals surface area contributed by atoms with E-state index in [0.29, 0.717) is 17.2 Å². The molecule has 0 radical (unpaired) electrons. The predicted octanol–water partition coefficient (Wildman–Crippen LogP) is 4.22. The van der Waals surface area contributed by atoms with Gasteiger partial charge in [-0.15, -0.1) is 0 Å². The molecule has 1 atom stereocenters. The number of fused-ring (bicyclic) bond motifs is 3. The quantitative estimate of drug-likeness (QED) is 0.465. The van der Waals surface area contributed by atoms with E-state index < -0.39 is 0 Å². The topological polar surface area (TPSA) is 77.9 Å². The van der Waals surface area contributed by atoms with Crippen LogP contribution in [0, 0.1) is 11.7 Å². The minimum atomic E-state index is -0.364. The second-order valence-electron chi connectivity index (χ2n) is 8.66. The number of carbonyl (C=O) groups excluding carboxylic acids is 1. The Morgan fingerprint density at radius 2 is 2.06 bits per heavy atom. The maximum Gasteiger partial charge on any atom is 0.255 e. The standard InChI is InChI=1S/C25H26FN5O/c1-30-15-17(14-28-30)3-2-16-4-10-23-21(12-16)22-13-20(9-11-24(22)31(23)27)29-25(32)18-5-7-19(26)8-6-18/h5-9,11,13-16H,2-4,10,12,27H2,1H3,(H,29,32). The lowest BCUT2D eigenvalue weighted by atomic mass is 9.83. The smallest absolute Gasteiger partial charge is 0.255 e. The third-order valence-electron chi connectivity index (χ3n) is 6.47. The fraction of sp³-hybridized carbons (Fsp3) is 0.280. The monoisotopic (exact) mass is 431 g/mol. The van der Waals surface area contributed by atoms with Crippen molar-refractivity contribution in [3.05, 3.63) is 83.1 Å². The number of nitrogens with one attached hydrogen (secondary N) is 1. The Morgan fingerprint density at radius 3 is 2.81 bits per heavy atom. The summed E-state index contributed by atoms with van der Waals surface area (Å²) in [5.74, 6) is 6.37. The van der Waals surface area contributed by atoms with Gasteiger partial charge < -0.3 is 11.2 Å². The van der Waals surface area contributed by atoms with Gasteiger partial charge in [0.1, 0.15) is 5.82 Å². The molecule has 2 aromatic carbocycles. The number of nitrogens with two attached hydrogens (primary N) is 1. The molecule has 0 saturated heterocycles. The molecule has 32 heavy (non-hydrogen) atoms. The molecule has 1 aliphatic rings. The molecule has 164 valence electrons.